The second kappa shape index (κ2) is 22.7. The highest BCUT2D eigenvalue weighted by Gasteiger charge is 2.49. The molecule has 17 rings (SSSR count). The van der Waals surface area contributed by atoms with E-state index >= 15 is 0 Å². The van der Waals surface area contributed by atoms with Crippen molar-refractivity contribution in [2.24, 2.45) is 0 Å². The zero-order valence-electron chi connectivity index (χ0n) is 50.4. The number of fused-ring (bicyclic) bond motifs is 16. The monoisotopic (exact) mass is 1130 g/mol. The van der Waals surface area contributed by atoms with E-state index in [1.807, 2.05) is 0 Å². The summed E-state index contributed by atoms with van der Waals surface area (Å²) in [6, 6.07) is 105. The molecule has 1 fully saturated rings. The molecule has 0 spiro atoms. The molecule has 424 valence electrons. The van der Waals surface area contributed by atoms with Crippen molar-refractivity contribution in [1.82, 2.24) is 5.32 Å². The number of piperidine rings is 1. The zero-order chi connectivity index (χ0) is 59.3. The summed E-state index contributed by atoms with van der Waals surface area (Å²) in [7, 11) is 0. The zero-order valence-corrected chi connectivity index (χ0v) is 50.4. The maximum atomic E-state index is 3.77. The van der Waals surface area contributed by atoms with Gasteiger partial charge in [0.25, 0.3) is 0 Å². The predicted molar refractivity (Wildman–Crippen MR) is 377 cm³/mol. The minimum atomic E-state index is 0.126. The van der Waals surface area contributed by atoms with Crippen molar-refractivity contribution in [3.05, 3.63) is 291 Å². The topological polar surface area (TPSA) is 42.6 Å². The molecule has 5 nitrogen and oxygen atoms in total. The van der Waals surface area contributed by atoms with Gasteiger partial charge in [0, 0.05) is 90.0 Å². The molecule has 88 heavy (non-hydrogen) atoms. The first-order valence-electron chi connectivity index (χ1n) is 31.2. The van der Waals surface area contributed by atoms with Crippen molar-refractivity contribution in [2.45, 2.75) is 58.0 Å². The van der Waals surface area contributed by atoms with Crippen LogP contribution in [0.2, 0.25) is 0 Å². The summed E-state index contributed by atoms with van der Waals surface area (Å²) in [5.41, 5.74) is 30.7. The molecule has 7 heteroatoms. The van der Waals surface area contributed by atoms with Gasteiger partial charge < -0.3 is 25.6 Å². The summed E-state index contributed by atoms with van der Waals surface area (Å²) in [6.07, 6.45) is 4.00. The molecule has 0 atom stereocenters. The number of hydrogen-bond acceptors (Lipinski definition) is 5. The minimum absolute atomic E-state index is 0.126. The Morgan fingerprint density at radius 1 is 0.284 bits per heavy atom. The molecule has 12 aromatic carbocycles. The van der Waals surface area contributed by atoms with Gasteiger partial charge in [0.15, 0.2) is 0 Å². The average Bonchev–Trinajstić information content (AvgIpc) is 0.691. The van der Waals surface area contributed by atoms with E-state index in [4.69, 9.17) is 0 Å². The van der Waals surface area contributed by atoms with Crippen molar-refractivity contribution in [1.29, 1.82) is 0 Å². The number of anilines is 8. The quantitative estimate of drug-likeness (QED) is 0.139. The van der Waals surface area contributed by atoms with Crippen LogP contribution in [-0.2, 0) is 0 Å². The van der Waals surface area contributed by atoms with E-state index in [1.54, 1.807) is 0 Å². The number of nitrogens with zero attached hydrogens (tertiary/aromatic N) is 2. The van der Waals surface area contributed by atoms with E-state index < -0.39 is 0 Å². The molecule has 1 saturated heterocycles. The molecule has 5 heterocycles. The molecule has 3 N–H and O–H groups in total. The van der Waals surface area contributed by atoms with Crippen LogP contribution < -0.4 is 47.4 Å². The van der Waals surface area contributed by atoms with Crippen LogP contribution in [-0.4, -0.2) is 24.8 Å². The lowest BCUT2D eigenvalue weighted by atomic mass is 9.37. The third-order valence-electron chi connectivity index (χ3n) is 18.4. The Labute approximate surface area is 519 Å². The Bertz CT molecular complexity index is 4160. The molecule has 0 unspecified atom stereocenters. The highest BCUT2D eigenvalue weighted by molar-refractivity contribution is 6.97. The van der Waals surface area contributed by atoms with E-state index in [0.717, 1.165) is 33.9 Å². The summed E-state index contributed by atoms with van der Waals surface area (Å²) in [4.78, 5) is 5.21. The van der Waals surface area contributed by atoms with Crippen LogP contribution in [0, 0.1) is 0 Å². The number of nitrogens with one attached hydrogen (secondary N) is 3. The molecule has 0 aliphatic carbocycles. The second-order valence-electron chi connectivity index (χ2n) is 25.2. The van der Waals surface area contributed by atoms with Gasteiger partial charge in [0.05, 0.1) is 0 Å². The first-order valence-corrected chi connectivity index (χ1v) is 31.2. The first-order chi connectivity index (χ1) is 43.2. The van der Waals surface area contributed by atoms with Gasteiger partial charge in [-0.1, -0.05) is 243 Å². The summed E-state index contributed by atoms with van der Waals surface area (Å²) in [5, 5.41) is 11.2. The lowest BCUT2D eigenvalue weighted by Crippen LogP contribution is -2.65. The van der Waals surface area contributed by atoms with Gasteiger partial charge in [0.1, 0.15) is 0 Å². The van der Waals surface area contributed by atoms with Crippen molar-refractivity contribution in [2.75, 3.05) is 20.3 Å². The summed E-state index contributed by atoms with van der Waals surface area (Å²) < 4.78 is 0. The largest absolute Gasteiger partial charge is 0.376 e. The Hall–Kier alpha value is -10.1. The van der Waals surface area contributed by atoms with Crippen LogP contribution >= 0.6 is 0 Å². The van der Waals surface area contributed by atoms with Gasteiger partial charge >= 0.3 is 13.7 Å². The maximum absolute atomic E-state index is 3.77. The normalized spacial score (nSPS) is 14.5. The van der Waals surface area contributed by atoms with Crippen LogP contribution in [0.5, 0.6) is 0 Å². The Balaban J connectivity index is 0.000000128. The van der Waals surface area contributed by atoms with Crippen molar-refractivity contribution in [3.8, 4) is 66.8 Å². The van der Waals surface area contributed by atoms with Crippen LogP contribution in [0.4, 0.5) is 45.5 Å². The van der Waals surface area contributed by atoms with Crippen LogP contribution in [0.1, 0.15) is 47.0 Å². The summed E-state index contributed by atoms with van der Waals surface area (Å²) >= 11 is 0. The number of para-hydroxylation sites is 4. The second-order valence-corrected chi connectivity index (χ2v) is 25.2. The van der Waals surface area contributed by atoms with Crippen molar-refractivity contribution >= 4 is 81.0 Å². The fourth-order valence-electron chi connectivity index (χ4n) is 14.9. The van der Waals surface area contributed by atoms with E-state index in [-0.39, 0.29) is 13.7 Å². The van der Waals surface area contributed by atoms with E-state index in [0.29, 0.717) is 11.1 Å². The SMILES string of the molecule is CC1(C)CCCC(C)(C)N1.c1ccc(-c2ccccc2Nc2cccc(Nc3ccccc3-c3ccccc3)c2-c2ccccc2)cc1.c1ccc2c(c1)B1c3cccc4c3-c3c(cccc3N3B4c4ccccc4-c4ccccc43)N1c1ccccc1-2. The van der Waals surface area contributed by atoms with Gasteiger partial charge in [0.2, 0.25) is 0 Å². The lowest BCUT2D eigenvalue weighted by molar-refractivity contribution is 0.183. The highest BCUT2D eigenvalue weighted by Crippen LogP contribution is 2.53. The molecule has 5 aliphatic rings. The summed E-state index contributed by atoms with van der Waals surface area (Å²) in [6.45, 7) is 9.40. The highest BCUT2D eigenvalue weighted by atomic mass is 15.1. The smallest absolute Gasteiger partial charge is 0.329 e. The van der Waals surface area contributed by atoms with Gasteiger partial charge in [-0.25, -0.2) is 0 Å². The van der Waals surface area contributed by atoms with Crippen molar-refractivity contribution in [3.63, 3.8) is 0 Å². The molecule has 0 radical (unpaired) electrons. The molecular formula is C81H69B2N5. The molecule has 0 amide bonds. The van der Waals surface area contributed by atoms with Crippen LogP contribution in [0.15, 0.2) is 291 Å². The Kier molecular flexibility index (Phi) is 14.0. The molecule has 12 aromatic rings. The fraction of sp³-hybridized carbons (Fsp3) is 0.111. The standard InChI is InChI=1S/C36H22B2N2.C36H28N2.C9H19N/c1-5-15-27-23(11-1)25-13-3-7-19-31(25)39-33-21-10-22-34-36(33)35-29(37(27)39)17-9-18-30(35)38-28-16-6-2-12-24(28)26-14-4-8-20-32(26)40(34)38;1-4-15-27(16-5-1)30-21-10-12-23-32(30)37-34-25-14-26-35(36(34)29-19-8-3-9-20-29)38-33-24-13-11-22-31(33)28-17-6-2-7-18-28;1-8(2)6-5-7-9(3,4)10-8/h1-22H;1-26,37-38H;10H,5-7H2,1-4H3. The Morgan fingerprint density at radius 2 is 0.614 bits per heavy atom. The van der Waals surface area contributed by atoms with Crippen LogP contribution in [0.3, 0.4) is 0 Å². The number of hydrogen-bond donors (Lipinski definition) is 3. The van der Waals surface area contributed by atoms with Gasteiger partial charge in [-0.05, 0) is 151 Å². The van der Waals surface area contributed by atoms with Crippen molar-refractivity contribution < 1.29 is 0 Å². The molecule has 5 aliphatic heterocycles. The predicted octanol–water partition coefficient (Wildman–Crippen LogP) is 18.3. The molecule has 0 bridgehead atoms. The first kappa shape index (κ1) is 54.6. The van der Waals surface area contributed by atoms with E-state index in [9.17, 15) is 0 Å². The maximum Gasteiger partial charge on any atom is 0.329 e. The van der Waals surface area contributed by atoms with Gasteiger partial charge in [-0.2, -0.15) is 0 Å². The molecular weight excluding hydrogens is 1060 g/mol. The number of benzene rings is 12. The third kappa shape index (κ3) is 9.86. The number of rotatable bonds is 7. The minimum Gasteiger partial charge on any atom is -0.376 e. The van der Waals surface area contributed by atoms with Gasteiger partial charge in [-0.3, -0.25) is 0 Å². The van der Waals surface area contributed by atoms with Gasteiger partial charge in [-0.15, -0.1) is 0 Å². The average molecular weight is 1130 g/mol. The van der Waals surface area contributed by atoms with E-state index in [1.165, 1.54) is 119 Å². The Morgan fingerprint density at radius 3 is 1.06 bits per heavy atom. The molecule has 0 saturated carbocycles. The third-order valence-corrected chi connectivity index (χ3v) is 18.4. The van der Waals surface area contributed by atoms with E-state index in [2.05, 4.69) is 344 Å². The lowest BCUT2D eigenvalue weighted by Gasteiger charge is -2.49. The molecule has 0 aromatic heterocycles. The van der Waals surface area contributed by atoms with Crippen LogP contribution in [0.25, 0.3) is 66.8 Å². The summed E-state index contributed by atoms with van der Waals surface area (Å²) in [5.74, 6) is 0. The fourth-order valence-corrected chi connectivity index (χ4v) is 14.9.